The largest absolute Gasteiger partial charge is 0.481 e. The van der Waals surface area contributed by atoms with Gasteiger partial charge in [0.25, 0.3) is 0 Å². The minimum Gasteiger partial charge on any atom is -0.481 e. The number of nitriles is 1. The zero-order valence-electron chi connectivity index (χ0n) is 18.0. The van der Waals surface area contributed by atoms with Crippen LogP contribution >= 0.6 is 0 Å². The van der Waals surface area contributed by atoms with E-state index in [1.807, 2.05) is 12.1 Å². The Labute approximate surface area is 194 Å². The number of ether oxygens (including phenoxy) is 1. The lowest BCUT2D eigenvalue weighted by atomic mass is 9.87. The van der Waals surface area contributed by atoms with E-state index in [9.17, 15) is 9.18 Å². The summed E-state index contributed by atoms with van der Waals surface area (Å²) in [6.07, 6.45) is 5.57. The Kier molecular flexibility index (Phi) is 5.64. The number of imidazole rings is 1. The van der Waals surface area contributed by atoms with Crippen LogP contribution in [0.3, 0.4) is 0 Å². The molecule has 1 fully saturated rings. The summed E-state index contributed by atoms with van der Waals surface area (Å²) in [6.45, 7) is 0. The van der Waals surface area contributed by atoms with Crippen LogP contribution in [0.25, 0.3) is 33.7 Å². The third kappa shape index (κ3) is 4.30. The summed E-state index contributed by atoms with van der Waals surface area (Å²) in [5.74, 6) is -0.692. The highest BCUT2D eigenvalue weighted by Gasteiger charge is 2.27. The molecule has 4 aromatic rings. The van der Waals surface area contributed by atoms with Crippen LogP contribution < -0.4 is 4.74 Å². The summed E-state index contributed by atoms with van der Waals surface area (Å²) in [5.41, 5.74) is 3.06. The van der Waals surface area contributed by atoms with Gasteiger partial charge in [-0.15, -0.1) is 0 Å². The Morgan fingerprint density at radius 1 is 1.09 bits per heavy atom. The number of hydrogen-bond acceptors (Lipinski definition) is 6. The van der Waals surface area contributed by atoms with E-state index in [4.69, 9.17) is 15.1 Å². The average Bonchev–Trinajstić information content (AvgIpc) is 3.27. The van der Waals surface area contributed by atoms with Gasteiger partial charge in [0.05, 0.1) is 22.6 Å². The quantitative estimate of drug-likeness (QED) is 0.444. The first-order valence-electron chi connectivity index (χ1n) is 10.9. The van der Waals surface area contributed by atoms with Crippen LogP contribution in [0.15, 0.2) is 48.8 Å². The first kappa shape index (κ1) is 21.5. The van der Waals surface area contributed by atoms with Gasteiger partial charge in [0, 0.05) is 24.0 Å². The first-order valence-corrected chi connectivity index (χ1v) is 10.9. The van der Waals surface area contributed by atoms with Crippen molar-refractivity contribution in [3.8, 4) is 34.5 Å². The molecule has 0 bridgehead atoms. The van der Waals surface area contributed by atoms with Gasteiger partial charge < -0.3 is 14.8 Å². The summed E-state index contributed by atoms with van der Waals surface area (Å²) in [4.78, 5) is 26.9. The molecule has 8 nitrogen and oxygen atoms in total. The number of pyridine rings is 2. The van der Waals surface area contributed by atoms with E-state index in [-0.39, 0.29) is 12.0 Å². The lowest BCUT2D eigenvalue weighted by Crippen LogP contribution is -2.28. The number of benzene rings is 1. The monoisotopic (exact) mass is 457 g/mol. The predicted octanol–water partition coefficient (Wildman–Crippen LogP) is 4.72. The topological polar surface area (TPSA) is 125 Å². The maximum Gasteiger partial charge on any atom is 0.306 e. The number of nitrogens with zero attached hydrogens (tertiary/aromatic N) is 4. The number of carboxylic acid groups (broad SMARTS) is 1. The number of carbonyl (C=O) groups is 1. The van der Waals surface area contributed by atoms with Gasteiger partial charge in [-0.25, -0.2) is 19.3 Å². The molecule has 1 aliphatic carbocycles. The molecule has 0 saturated heterocycles. The van der Waals surface area contributed by atoms with Crippen molar-refractivity contribution in [3.63, 3.8) is 0 Å². The number of aromatic amines is 1. The molecule has 1 saturated carbocycles. The maximum absolute atomic E-state index is 15.0. The highest BCUT2D eigenvalue weighted by atomic mass is 19.1. The van der Waals surface area contributed by atoms with E-state index < -0.39 is 11.8 Å². The molecule has 34 heavy (non-hydrogen) atoms. The lowest BCUT2D eigenvalue weighted by molar-refractivity contribution is -0.143. The van der Waals surface area contributed by atoms with Crippen LogP contribution in [0, 0.1) is 23.1 Å². The number of carboxylic acids is 1. The summed E-state index contributed by atoms with van der Waals surface area (Å²) in [6, 6.07) is 12.0. The molecule has 3 heterocycles. The van der Waals surface area contributed by atoms with E-state index in [0.29, 0.717) is 65.2 Å². The van der Waals surface area contributed by atoms with Crippen molar-refractivity contribution in [1.82, 2.24) is 19.9 Å². The van der Waals surface area contributed by atoms with Crippen LogP contribution in [0.1, 0.15) is 31.2 Å². The standard InChI is InChI=1S/C25H20FN5O3/c26-20-10-16(3-7-19(20)23-30-21-9-14(11-27)12-29-24(21)31-23)17-4-8-22(28-13-17)34-18-5-1-15(2-6-18)25(32)33/h3-4,7-10,12-13,15,18H,1-2,5-6H2,(H,32,33)(H,29,30,31). The average molecular weight is 457 g/mol. The van der Waals surface area contributed by atoms with Gasteiger partial charge in [-0.05, 0) is 55.5 Å². The molecule has 0 atom stereocenters. The second-order valence-electron chi connectivity index (χ2n) is 8.30. The van der Waals surface area contributed by atoms with Crippen molar-refractivity contribution in [3.05, 3.63) is 60.2 Å². The number of nitrogens with one attached hydrogen (secondary N) is 1. The Bertz CT molecular complexity index is 1400. The molecule has 3 aromatic heterocycles. The molecule has 2 N–H and O–H groups in total. The number of fused-ring (bicyclic) bond motifs is 1. The molecule has 1 aromatic carbocycles. The molecule has 5 rings (SSSR count). The van der Waals surface area contributed by atoms with E-state index in [2.05, 4.69) is 19.9 Å². The normalized spacial score (nSPS) is 17.9. The molecule has 170 valence electrons. The van der Waals surface area contributed by atoms with Gasteiger partial charge >= 0.3 is 5.97 Å². The van der Waals surface area contributed by atoms with Crippen molar-refractivity contribution >= 4 is 17.1 Å². The lowest BCUT2D eigenvalue weighted by Gasteiger charge is -2.26. The van der Waals surface area contributed by atoms with Crippen molar-refractivity contribution < 1.29 is 19.0 Å². The molecule has 0 spiro atoms. The second-order valence-corrected chi connectivity index (χ2v) is 8.30. The number of halogens is 1. The van der Waals surface area contributed by atoms with Crippen LogP contribution in [0.2, 0.25) is 0 Å². The zero-order chi connectivity index (χ0) is 23.7. The van der Waals surface area contributed by atoms with Gasteiger partial charge in [0.15, 0.2) is 5.65 Å². The van der Waals surface area contributed by atoms with Gasteiger partial charge in [0.1, 0.15) is 23.8 Å². The Balaban J connectivity index is 1.30. The first-order chi connectivity index (χ1) is 16.5. The zero-order valence-corrected chi connectivity index (χ0v) is 18.0. The minimum atomic E-state index is -0.746. The highest BCUT2D eigenvalue weighted by molar-refractivity contribution is 5.78. The molecule has 9 heteroatoms. The van der Waals surface area contributed by atoms with Crippen LogP contribution in [0.4, 0.5) is 4.39 Å². The van der Waals surface area contributed by atoms with Gasteiger partial charge in [-0.3, -0.25) is 4.79 Å². The Hall–Kier alpha value is -4.32. The SMILES string of the molecule is N#Cc1cnc2nc(-c3ccc(-c4ccc(OC5CCC(C(=O)O)CC5)nc4)cc3F)[nH]c2c1. The summed E-state index contributed by atoms with van der Waals surface area (Å²) >= 11 is 0. The summed E-state index contributed by atoms with van der Waals surface area (Å²) < 4.78 is 20.9. The van der Waals surface area contributed by atoms with Gasteiger partial charge in [-0.2, -0.15) is 5.26 Å². The van der Waals surface area contributed by atoms with Crippen molar-refractivity contribution in [1.29, 1.82) is 5.26 Å². The van der Waals surface area contributed by atoms with E-state index >= 15 is 0 Å². The van der Waals surface area contributed by atoms with Crippen molar-refractivity contribution in [2.24, 2.45) is 5.92 Å². The highest BCUT2D eigenvalue weighted by Crippen LogP contribution is 2.30. The number of aliphatic carboxylic acids is 1. The molecular formula is C25H20FN5O3. The van der Waals surface area contributed by atoms with Crippen molar-refractivity contribution in [2.45, 2.75) is 31.8 Å². The fourth-order valence-electron chi connectivity index (χ4n) is 4.19. The summed E-state index contributed by atoms with van der Waals surface area (Å²) in [7, 11) is 0. The fourth-order valence-corrected chi connectivity index (χ4v) is 4.19. The Morgan fingerprint density at radius 2 is 1.88 bits per heavy atom. The number of aromatic nitrogens is 4. The molecular weight excluding hydrogens is 437 g/mol. The fraction of sp³-hybridized carbons (Fsp3) is 0.240. The van der Waals surface area contributed by atoms with Crippen LogP contribution in [0.5, 0.6) is 5.88 Å². The number of rotatable bonds is 5. The number of H-pyrrole nitrogens is 1. The third-order valence-electron chi connectivity index (χ3n) is 6.07. The summed E-state index contributed by atoms with van der Waals surface area (Å²) in [5, 5.41) is 18.1. The van der Waals surface area contributed by atoms with Crippen LogP contribution in [-0.2, 0) is 4.79 Å². The van der Waals surface area contributed by atoms with Crippen LogP contribution in [-0.4, -0.2) is 37.1 Å². The smallest absolute Gasteiger partial charge is 0.306 e. The van der Waals surface area contributed by atoms with E-state index in [1.54, 1.807) is 30.5 Å². The molecule has 0 radical (unpaired) electrons. The maximum atomic E-state index is 15.0. The minimum absolute atomic E-state index is 0.0479. The predicted molar refractivity (Wildman–Crippen MR) is 121 cm³/mol. The third-order valence-corrected chi connectivity index (χ3v) is 6.07. The van der Waals surface area contributed by atoms with Gasteiger partial charge in [0.2, 0.25) is 5.88 Å². The molecule has 0 unspecified atom stereocenters. The molecule has 0 amide bonds. The second kappa shape index (κ2) is 8.90. The van der Waals surface area contributed by atoms with Crippen molar-refractivity contribution in [2.75, 3.05) is 0 Å². The van der Waals surface area contributed by atoms with E-state index in [1.165, 1.54) is 12.3 Å². The van der Waals surface area contributed by atoms with Gasteiger partial charge in [-0.1, -0.05) is 6.07 Å². The molecule has 1 aliphatic rings. The molecule has 0 aliphatic heterocycles. The number of hydrogen-bond donors (Lipinski definition) is 2. The van der Waals surface area contributed by atoms with E-state index in [0.717, 1.165) is 5.56 Å². The Morgan fingerprint density at radius 3 is 2.56 bits per heavy atom.